The molecule has 0 atom stereocenters. The number of ether oxygens (including phenoxy) is 1. The van der Waals surface area contributed by atoms with Crippen molar-refractivity contribution in [1.82, 2.24) is 5.16 Å². The van der Waals surface area contributed by atoms with Gasteiger partial charge in [-0.05, 0) is 36.8 Å². The Morgan fingerprint density at radius 3 is 2.83 bits per heavy atom. The van der Waals surface area contributed by atoms with Crippen LogP contribution in [0.3, 0.4) is 0 Å². The van der Waals surface area contributed by atoms with E-state index in [0.29, 0.717) is 10.9 Å². The van der Waals surface area contributed by atoms with Gasteiger partial charge in [-0.1, -0.05) is 11.2 Å². The molecule has 0 unspecified atom stereocenters. The molecule has 2 aromatic rings. The van der Waals surface area contributed by atoms with Crippen molar-refractivity contribution in [2.75, 3.05) is 17.7 Å². The highest BCUT2D eigenvalue weighted by molar-refractivity contribution is 7.80. The molecule has 0 fully saturated rings. The van der Waals surface area contributed by atoms with Crippen LogP contribution in [-0.4, -0.2) is 17.4 Å². The summed E-state index contributed by atoms with van der Waals surface area (Å²) in [5.41, 5.74) is 1.92. The zero-order valence-corrected chi connectivity index (χ0v) is 10.9. The van der Waals surface area contributed by atoms with E-state index in [1.54, 1.807) is 13.2 Å². The van der Waals surface area contributed by atoms with Gasteiger partial charge in [-0.3, -0.25) is 0 Å². The first-order valence-corrected chi connectivity index (χ1v) is 5.73. The quantitative estimate of drug-likeness (QED) is 0.830. The number of benzene rings is 1. The number of hydrogen-bond acceptors (Lipinski definition) is 4. The van der Waals surface area contributed by atoms with Gasteiger partial charge in [0.25, 0.3) is 0 Å². The Morgan fingerprint density at radius 1 is 1.33 bits per heavy atom. The van der Waals surface area contributed by atoms with Crippen LogP contribution in [0.2, 0.25) is 0 Å². The normalized spacial score (nSPS) is 9.89. The third kappa shape index (κ3) is 2.98. The lowest BCUT2D eigenvalue weighted by Gasteiger charge is -2.12. The van der Waals surface area contributed by atoms with Gasteiger partial charge in [0.2, 0.25) is 0 Å². The van der Waals surface area contributed by atoms with Gasteiger partial charge in [0.05, 0.1) is 12.8 Å². The number of methoxy groups -OCH3 is 1. The van der Waals surface area contributed by atoms with Gasteiger partial charge < -0.3 is 19.9 Å². The molecule has 5 nitrogen and oxygen atoms in total. The van der Waals surface area contributed by atoms with Crippen LogP contribution in [0.25, 0.3) is 0 Å². The Balaban J connectivity index is 2.08. The molecular formula is C12H13N3O2S. The largest absolute Gasteiger partial charge is 0.495 e. The second kappa shape index (κ2) is 5.50. The van der Waals surface area contributed by atoms with Gasteiger partial charge in [-0.25, -0.2) is 0 Å². The second-order valence-electron chi connectivity index (χ2n) is 3.67. The van der Waals surface area contributed by atoms with E-state index < -0.39 is 0 Å². The predicted octanol–water partition coefficient (Wildman–Crippen LogP) is 2.80. The van der Waals surface area contributed by atoms with Crippen molar-refractivity contribution < 1.29 is 9.26 Å². The smallest absolute Gasteiger partial charge is 0.176 e. The van der Waals surface area contributed by atoms with E-state index in [2.05, 4.69) is 15.8 Å². The zero-order valence-electron chi connectivity index (χ0n) is 10.1. The minimum Gasteiger partial charge on any atom is -0.495 e. The Hall–Kier alpha value is -2.08. The average Bonchev–Trinajstić information content (AvgIpc) is 2.82. The van der Waals surface area contributed by atoms with E-state index in [4.69, 9.17) is 21.5 Å². The molecule has 94 valence electrons. The standard InChI is InChI=1S/C12H13N3O2S/c1-8-3-4-10(16-2)9(7-8)13-12(18)14-11-5-6-17-15-11/h3-7H,1-2H3,(H2,13,14,15,18). The van der Waals surface area contributed by atoms with Crippen molar-refractivity contribution in [3.63, 3.8) is 0 Å². The van der Waals surface area contributed by atoms with Gasteiger partial charge in [-0.15, -0.1) is 0 Å². The monoisotopic (exact) mass is 263 g/mol. The highest BCUT2D eigenvalue weighted by atomic mass is 32.1. The summed E-state index contributed by atoms with van der Waals surface area (Å²) in [4.78, 5) is 0. The number of aromatic nitrogens is 1. The average molecular weight is 263 g/mol. The van der Waals surface area contributed by atoms with Crippen LogP contribution in [0.1, 0.15) is 5.56 Å². The number of anilines is 2. The van der Waals surface area contributed by atoms with Crippen molar-refractivity contribution in [3.8, 4) is 5.75 Å². The van der Waals surface area contributed by atoms with Crippen molar-refractivity contribution in [2.24, 2.45) is 0 Å². The Bertz CT molecular complexity index is 540. The molecule has 2 rings (SSSR count). The maximum atomic E-state index is 5.25. The number of thiocarbonyl (C=S) groups is 1. The van der Waals surface area contributed by atoms with Crippen molar-refractivity contribution in [2.45, 2.75) is 6.92 Å². The lowest BCUT2D eigenvalue weighted by atomic mass is 10.2. The molecule has 0 saturated heterocycles. The van der Waals surface area contributed by atoms with Crippen LogP contribution in [0, 0.1) is 6.92 Å². The van der Waals surface area contributed by atoms with Gasteiger partial charge >= 0.3 is 0 Å². The molecule has 18 heavy (non-hydrogen) atoms. The number of nitrogens with one attached hydrogen (secondary N) is 2. The molecule has 0 radical (unpaired) electrons. The molecule has 0 aliphatic carbocycles. The first-order valence-electron chi connectivity index (χ1n) is 5.32. The topological polar surface area (TPSA) is 59.3 Å². The third-order valence-electron chi connectivity index (χ3n) is 2.28. The van der Waals surface area contributed by atoms with Crippen molar-refractivity contribution in [3.05, 3.63) is 36.1 Å². The summed E-state index contributed by atoms with van der Waals surface area (Å²) in [6.45, 7) is 2.00. The van der Waals surface area contributed by atoms with E-state index in [9.17, 15) is 0 Å². The Kier molecular flexibility index (Phi) is 3.78. The molecule has 0 bridgehead atoms. The van der Waals surface area contributed by atoms with Gasteiger partial charge in [-0.2, -0.15) is 0 Å². The van der Waals surface area contributed by atoms with Gasteiger partial charge in [0, 0.05) is 6.07 Å². The number of hydrogen-bond donors (Lipinski definition) is 2. The van der Waals surface area contributed by atoms with Gasteiger partial charge in [0.15, 0.2) is 10.9 Å². The molecule has 6 heteroatoms. The minimum absolute atomic E-state index is 0.424. The summed E-state index contributed by atoms with van der Waals surface area (Å²) in [6, 6.07) is 7.49. The maximum absolute atomic E-state index is 5.25. The van der Waals surface area contributed by atoms with Crippen LogP contribution in [0.15, 0.2) is 35.1 Å². The molecule has 0 amide bonds. The summed E-state index contributed by atoms with van der Waals surface area (Å²) in [5.74, 6) is 1.28. The highest BCUT2D eigenvalue weighted by Gasteiger charge is 2.06. The number of nitrogens with zero attached hydrogens (tertiary/aromatic N) is 1. The predicted molar refractivity (Wildman–Crippen MR) is 74.1 cm³/mol. The van der Waals surface area contributed by atoms with E-state index in [1.165, 1.54) is 6.26 Å². The molecular weight excluding hydrogens is 250 g/mol. The third-order valence-corrected chi connectivity index (χ3v) is 2.49. The van der Waals surface area contributed by atoms with E-state index in [1.807, 2.05) is 25.1 Å². The molecule has 1 heterocycles. The van der Waals surface area contributed by atoms with Gasteiger partial charge in [0.1, 0.15) is 12.0 Å². The van der Waals surface area contributed by atoms with E-state index >= 15 is 0 Å². The first kappa shape index (κ1) is 12.4. The Labute approximate surface area is 110 Å². The summed E-state index contributed by atoms with van der Waals surface area (Å²) in [6.07, 6.45) is 1.47. The molecule has 0 aliphatic rings. The van der Waals surface area contributed by atoms with Crippen LogP contribution in [-0.2, 0) is 0 Å². The van der Waals surface area contributed by atoms with E-state index in [0.717, 1.165) is 17.0 Å². The molecule has 1 aromatic carbocycles. The first-order chi connectivity index (χ1) is 8.69. The number of aryl methyl sites for hydroxylation is 1. The fourth-order valence-electron chi connectivity index (χ4n) is 1.47. The lowest BCUT2D eigenvalue weighted by Crippen LogP contribution is -2.19. The summed E-state index contributed by atoms with van der Waals surface area (Å²) in [5, 5.41) is 10.1. The summed E-state index contributed by atoms with van der Waals surface area (Å²) < 4.78 is 9.96. The SMILES string of the molecule is COc1ccc(C)cc1NC(=S)Nc1ccon1. The fourth-order valence-corrected chi connectivity index (χ4v) is 1.68. The van der Waals surface area contributed by atoms with Crippen molar-refractivity contribution in [1.29, 1.82) is 0 Å². The summed E-state index contributed by atoms with van der Waals surface area (Å²) >= 11 is 5.18. The highest BCUT2D eigenvalue weighted by Crippen LogP contribution is 2.25. The van der Waals surface area contributed by atoms with Crippen LogP contribution < -0.4 is 15.4 Å². The lowest BCUT2D eigenvalue weighted by molar-refractivity contribution is 0.417. The Morgan fingerprint density at radius 2 is 2.17 bits per heavy atom. The number of rotatable bonds is 3. The van der Waals surface area contributed by atoms with Crippen LogP contribution >= 0.6 is 12.2 Å². The van der Waals surface area contributed by atoms with Crippen molar-refractivity contribution >= 4 is 28.8 Å². The van der Waals surface area contributed by atoms with E-state index in [-0.39, 0.29) is 0 Å². The fraction of sp³-hybridized carbons (Fsp3) is 0.167. The molecule has 0 spiro atoms. The molecule has 1 aromatic heterocycles. The minimum atomic E-state index is 0.424. The molecule has 0 aliphatic heterocycles. The summed E-state index contributed by atoms with van der Waals surface area (Å²) in [7, 11) is 1.62. The second-order valence-corrected chi connectivity index (χ2v) is 4.08. The van der Waals surface area contributed by atoms with Crippen LogP contribution in [0.4, 0.5) is 11.5 Å². The van der Waals surface area contributed by atoms with Crippen LogP contribution in [0.5, 0.6) is 5.75 Å². The zero-order chi connectivity index (χ0) is 13.0. The maximum Gasteiger partial charge on any atom is 0.176 e. The molecule has 0 saturated carbocycles. The molecule has 2 N–H and O–H groups in total.